The van der Waals surface area contributed by atoms with Gasteiger partial charge in [-0.25, -0.2) is 0 Å². The highest BCUT2D eigenvalue weighted by molar-refractivity contribution is 6.29. The summed E-state index contributed by atoms with van der Waals surface area (Å²) < 4.78 is 1.68. The lowest BCUT2D eigenvalue weighted by Gasteiger charge is -2.29. The van der Waals surface area contributed by atoms with Crippen molar-refractivity contribution in [1.82, 2.24) is 24.5 Å². The molecule has 6 nitrogen and oxygen atoms in total. The second-order valence-corrected chi connectivity index (χ2v) is 5.45. The summed E-state index contributed by atoms with van der Waals surface area (Å²) in [4.78, 5) is 10.5. The normalized spacial score (nSPS) is 18.0. The molecule has 1 N–H and O–H groups in total. The van der Waals surface area contributed by atoms with Gasteiger partial charge in [-0.3, -0.25) is 0 Å². The first-order chi connectivity index (χ1) is 9.22. The van der Waals surface area contributed by atoms with Gasteiger partial charge in [0.1, 0.15) is 17.3 Å². The molecule has 102 valence electrons. The molecule has 0 radical (unpaired) electrons. The third-order valence-electron chi connectivity index (χ3n) is 3.63. The first kappa shape index (κ1) is 12.6. The number of nitrogens with zero attached hydrogens (tertiary/aromatic N) is 5. The maximum atomic E-state index is 5.98. The summed E-state index contributed by atoms with van der Waals surface area (Å²) in [6, 6.07) is 1.79. The smallest absolute Gasteiger partial charge is 0.255 e. The van der Waals surface area contributed by atoms with Crippen molar-refractivity contribution in [3.8, 4) is 0 Å². The Kier molecular flexibility index (Phi) is 3.52. The fourth-order valence-electron chi connectivity index (χ4n) is 2.42. The predicted octanol–water partition coefficient (Wildman–Crippen LogP) is 1.53. The van der Waals surface area contributed by atoms with Crippen LogP contribution in [0, 0.1) is 5.92 Å². The second-order valence-electron chi connectivity index (χ2n) is 5.06. The van der Waals surface area contributed by atoms with Gasteiger partial charge in [0.15, 0.2) is 0 Å². The molecule has 0 amide bonds. The predicted molar refractivity (Wildman–Crippen MR) is 74.5 cm³/mol. The summed E-state index contributed by atoms with van der Waals surface area (Å²) in [5, 5.41) is 8.00. The quantitative estimate of drug-likeness (QED) is 0.864. The number of fused-ring (bicyclic) bond motifs is 1. The van der Waals surface area contributed by atoms with Crippen molar-refractivity contribution in [2.75, 3.05) is 32.0 Å². The first-order valence-corrected chi connectivity index (χ1v) is 6.89. The van der Waals surface area contributed by atoms with Gasteiger partial charge in [-0.15, -0.1) is 0 Å². The Morgan fingerprint density at radius 1 is 1.42 bits per heavy atom. The summed E-state index contributed by atoms with van der Waals surface area (Å²) in [7, 11) is 2.17. The van der Waals surface area contributed by atoms with Gasteiger partial charge in [-0.05, 0) is 38.9 Å². The highest BCUT2D eigenvalue weighted by atomic mass is 35.5. The molecule has 7 heteroatoms. The molecule has 2 aromatic rings. The topological polar surface area (TPSA) is 58.3 Å². The fourth-order valence-corrected chi connectivity index (χ4v) is 2.60. The van der Waals surface area contributed by atoms with Gasteiger partial charge < -0.3 is 10.2 Å². The van der Waals surface area contributed by atoms with E-state index in [2.05, 4.69) is 32.3 Å². The van der Waals surface area contributed by atoms with E-state index in [1.165, 1.54) is 32.3 Å². The Labute approximate surface area is 116 Å². The van der Waals surface area contributed by atoms with Crippen LogP contribution in [0.4, 0.5) is 5.82 Å². The molecular formula is C12H17ClN6. The minimum atomic E-state index is 0.436. The average Bonchev–Trinajstić information content (AvgIpc) is 2.85. The van der Waals surface area contributed by atoms with Gasteiger partial charge in [0, 0.05) is 12.6 Å². The molecular weight excluding hydrogens is 264 g/mol. The van der Waals surface area contributed by atoms with Crippen LogP contribution < -0.4 is 5.32 Å². The minimum absolute atomic E-state index is 0.436. The number of likely N-dealkylation sites (tertiary alicyclic amines) is 1. The molecule has 3 rings (SSSR count). The van der Waals surface area contributed by atoms with Gasteiger partial charge in [-0.1, -0.05) is 11.6 Å². The number of nitrogens with one attached hydrogen (secondary N) is 1. The molecule has 0 aliphatic carbocycles. The highest BCUT2D eigenvalue weighted by Gasteiger charge is 2.17. The van der Waals surface area contributed by atoms with E-state index >= 15 is 0 Å². The maximum absolute atomic E-state index is 5.98. The van der Waals surface area contributed by atoms with Crippen LogP contribution in [0.3, 0.4) is 0 Å². The van der Waals surface area contributed by atoms with E-state index in [4.69, 9.17) is 11.6 Å². The van der Waals surface area contributed by atoms with Crippen molar-refractivity contribution in [2.24, 2.45) is 5.92 Å². The van der Waals surface area contributed by atoms with Crippen LogP contribution in [0.15, 0.2) is 12.4 Å². The molecule has 1 aliphatic rings. The van der Waals surface area contributed by atoms with Gasteiger partial charge in [0.25, 0.3) is 5.78 Å². The molecule has 0 atom stereocenters. The van der Waals surface area contributed by atoms with E-state index in [0.717, 1.165) is 12.4 Å². The standard InChI is InChI=1S/C12H17ClN6/c1-18-4-2-9(3-5-18)7-14-11-6-10(13)17-12-15-8-16-19(11)12/h6,8-9,14H,2-5,7H2,1H3. The van der Waals surface area contributed by atoms with Crippen LogP contribution in [0.2, 0.25) is 5.15 Å². The van der Waals surface area contributed by atoms with E-state index in [0.29, 0.717) is 16.8 Å². The number of anilines is 1. The Morgan fingerprint density at radius 2 is 2.21 bits per heavy atom. The molecule has 1 fully saturated rings. The Balaban J connectivity index is 1.69. The van der Waals surface area contributed by atoms with Crippen LogP contribution in [-0.4, -0.2) is 51.2 Å². The van der Waals surface area contributed by atoms with Crippen molar-refractivity contribution in [3.63, 3.8) is 0 Å². The monoisotopic (exact) mass is 280 g/mol. The SMILES string of the molecule is CN1CCC(CNc2cc(Cl)nc3ncnn23)CC1. The third-order valence-corrected chi connectivity index (χ3v) is 3.82. The molecule has 19 heavy (non-hydrogen) atoms. The molecule has 0 spiro atoms. The lowest BCUT2D eigenvalue weighted by molar-refractivity contribution is 0.226. The summed E-state index contributed by atoms with van der Waals surface area (Å²) in [5.74, 6) is 2.08. The average molecular weight is 281 g/mol. The largest absolute Gasteiger partial charge is 0.370 e. The number of rotatable bonds is 3. The van der Waals surface area contributed by atoms with Crippen molar-refractivity contribution in [2.45, 2.75) is 12.8 Å². The molecule has 2 aromatic heterocycles. The van der Waals surface area contributed by atoms with Crippen LogP contribution in [-0.2, 0) is 0 Å². The zero-order valence-electron chi connectivity index (χ0n) is 10.9. The van der Waals surface area contributed by atoms with Crippen LogP contribution in [0.5, 0.6) is 0 Å². The first-order valence-electron chi connectivity index (χ1n) is 6.51. The van der Waals surface area contributed by atoms with Crippen molar-refractivity contribution in [3.05, 3.63) is 17.5 Å². The van der Waals surface area contributed by atoms with Crippen molar-refractivity contribution in [1.29, 1.82) is 0 Å². The number of hydrogen-bond acceptors (Lipinski definition) is 5. The maximum Gasteiger partial charge on any atom is 0.255 e. The van der Waals surface area contributed by atoms with Gasteiger partial charge >= 0.3 is 0 Å². The third kappa shape index (κ3) is 2.79. The van der Waals surface area contributed by atoms with E-state index < -0.39 is 0 Å². The number of hydrogen-bond donors (Lipinski definition) is 1. The van der Waals surface area contributed by atoms with E-state index in [1.807, 2.05) is 0 Å². The molecule has 1 aliphatic heterocycles. The molecule has 0 unspecified atom stereocenters. The van der Waals surface area contributed by atoms with Gasteiger partial charge in [0.05, 0.1) is 0 Å². The van der Waals surface area contributed by atoms with Crippen LogP contribution in [0.25, 0.3) is 5.78 Å². The molecule has 1 saturated heterocycles. The summed E-state index contributed by atoms with van der Waals surface area (Å²) in [6.07, 6.45) is 3.94. The Hall–Kier alpha value is -1.40. The number of aromatic nitrogens is 4. The summed E-state index contributed by atoms with van der Waals surface area (Å²) >= 11 is 5.98. The van der Waals surface area contributed by atoms with Crippen LogP contribution >= 0.6 is 11.6 Å². The fraction of sp³-hybridized carbons (Fsp3) is 0.583. The summed E-state index contributed by atoms with van der Waals surface area (Å²) in [5.41, 5.74) is 0. The van der Waals surface area contributed by atoms with Crippen molar-refractivity contribution < 1.29 is 0 Å². The number of piperidine rings is 1. The zero-order chi connectivity index (χ0) is 13.2. The van der Waals surface area contributed by atoms with Gasteiger partial charge in [-0.2, -0.15) is 19.6 Å². The summed E-state index contributed by atoms with van der Waals surface area (Å²) in [6.45, 7) is 3.27. The van der Waals surface area contributed by atoms with Crippen LogP contribution in [0.1, 0.15) is 12.8 Å². The zero-order valence-corrected chi connectivity index (χ0v) is 11.6. The Bertz CT molecular complexity index is 560. The van der Waals surface area contributed by atoms with Gasteiger partial charge in [0.2, 0.25) is 0 Å². The lowest BCUT2D eigenvalue weighted by atomic mass is 9.97. The molecule has 0 bridgehead atoms. The molecule has 3 heterocycles. The van der Waals surface area contributed by atoms with E-state index in [1.54, 1.807) is 10.6 Å². The second kappa shape index (κ2) is 5.30. The Morgan fingerprint density at radius 3 is 3.00 bits per heavy atom. The lowest BCUT2D eigenvalue weighted by Crippen LogP contribution is -2.33. The van der Waals surface area contributed by atoms with E-state index in [9.17, 15) is 0 Å². The molecule has 0 saturated carbocycles. The number of halogens is 1. The van der Waals surface area contributed by atoms with Crippen molar-refractivity contribution >= 4 is 23.2 Å². The molecule has 0 aromatic carbocycles. The highest BCUT2D eigenvalue weighted by Crippen LogP contribution is 2.19. The van der Waals surface area contributed by atoms with E-state index in [-0.39, 0.29) is 0 Å². The minimum Gasteiger partial charge on any atom is -0.370 e.